The van der Waals surface area contributed by atoms with Crippen LogP contribution in [0, 0.1) is 0 Å². The third kappa shape index (κ3) is 3.13. The van der Waals surface area contributed by atoms with Crippen molar-refractivity contribution >= 4 is 34.9 Å². The van der Waals surface area contributed by atoms with Crippen molar-refractivity contribution in [2.75, 3.05) is 12.4 Å². The van der Waals surface area contributed by atoms with Crippen molar-refractivity contribution in [2.45, 2.75) is 0 Å². The zero-order valence-electron chi connectivity index (χ0n) is 11.4. The average molecular weight is 337 g/mol. The first-order valence-electron chi connectivity index (χ1n) is 6.22. The molecule has 0 atom stereocenters. The summed E-state index contributed by atoms with van der Waals surface area (Å²) in [7, 11) is 1.61. The van der Waals surface area contributed by atoms with Crippen molar-refractivity contribution in [2.24, 2.45) is 0 Å². The lowest BCUT2D eigenvalue weighted by atomic mass is 10.1. The Kier molecular flexibility index (Phi) is 4.13. The van der Waals surface area contributed by atoms with Crippen molar-refractivity contribution in [1.82, 2.24) is 15.1 Å². The molecular weight excluding hydrogens is 327 g/mol. The van der Waals surface area contributed by atoms with Crippen LogP contribution >= 0.6 is 23.2 Å². The number of nitrogens with zero attached hydrogens (tertiary/aromatic N) is 3. The lowest BCUT2D eigenvalue weighted by molar-refractivity contribution is 0.415. The Labute approximate surface area is 136 Å². The fraction of sp³-hybridized carbons (Fsp3) is 0.0714. The Balaban J connectivity index is 1.82. The van der Waals surface area contributed by atoms with Crippen LogP contribution in [0.1, 0.15) is 0 Å². The maximum Gasteiger partial charge on any atom is 0.230 e. The smallest absolute Gasteiger partial charge is 0.230 e. The normalized spacial score (nSPS) is 10.5. The van der Waals surface area contributed by atoms with Crippen LogP contribution in [-0.4, -0.2) is 22.2 Å². The van der Waals surface area contributed by atoms with Gasteiger partial charge in [0.1, 0.15) is 16.5 Å². The topological polar surface area (TPSA) is 73.1 Å². The Morgan fingerprint density at radius 2 is 1.95 bits per heavy atom. The predicted octanol–water partition coefficient (Wildman–Crippen LogP) is 4.19. The number of anilines is 2. The van der Waals surface area contributed by atoms with Crippen molar-refractivity contribution in [3.05, 3.63) is 46.8 Å². The van der Waals surface area contributed by atoms with Crippen molar-refractivity contribution in [3.63, 3.8) is 0 Å². The molecule has 2 aromatic heterocycles. The number of ether oxygens (including phenoxy) is 1. The third-order valence-electron chi connectivity index (χ3n) is 2.85. The number of aromatic nitrogens is 3. The van der Waals surface area contributed by atoms with E-state index in [1.165, 1.54) is 6.20 Å². The van der Waals surface area contributed by atoms with Gasteiger partial charge in [0.05, 0.1) is 13.3 Å². The monoisotopic (exact) mass is 336 g/mol. The molecule has 0 bridgehead atoms. The molecular formula is C14H10Cl2N4O2. The van der Waals surface area contributed by atoms with E-state index in [0.717, 1.165) is 11.3 Å². The quantitative estimate of drug-likeness (QED) is 0.720. The van der Waals surface area contributed by atoms with Gasteiger partial charge in [0.25, 0.3) is 0 Å². The molecule has 0 aliphatic rings. The highest BCUT2D eigenvalue weighted by molar-refractivity contribution is 6.33. The van der Waals surface area contributed by atoms with Crippen LogP contribution < -0.4 is 10.1 Å². The SMILES string of the molecule is COc1ccc(-c2cc(Nc3nc(Cl)ncc3Cl)on2)cc1. The van der Waals surface area contributed by atoms with Crippen LogP contribution in [-0.2, 0) is 0 Å². The van der Waals surface area contributed by atoms with E-state index < -0.39 is 0 Å². The summed E-state index contributed by atoms with van der Waals surface area (Å²) in [4.78, 5) is 7.75. The first-order valence-corrected chi connectivity index (χ1v) is 6.97. The van der Waals surface area contributed by atoms with E-state index in [1.807, 2.05) is 24.3 Å². The molecule has 6 nitrogen and oxygen atoms in total. The molecule has 1 aromatic carbocycles. The van der Waals surface area contributed by atoms with E-state index in [2.05, 4.69) is 20.4 Å². The molecule has 8 heteroatoms. The number of halogens is 2. The van der Waals surface area contributed by atoms with Gasteiger partial charge in [-0.2, -0.15) is 4.98 Å². The zero-order valence-corrected chi connectivity index (χ0v) is 12.9. The molecule has 112 valence electrons. The van der Waals surface area contributed by atoms with E-state index in [1.54, 1.807) is 13.2 Å². The molecule has 0 saturated heterocycles. The Hall–Kier alpha value is -2.31. The van der Waals surface area contributed by atoms with Gasteiger partial charge in [0, 0.05) is 11.6 Å². The first kappa shape index (κ1) is 14.6. The minimum Gasteiger partial charge on any atom is -0.497 e. The molecule has 0 aliphatic carbocycles. The summed E-state index contributed by atoms with van der Waals surface area (Å²) in [5, 5.41) is 7.31. The summed E-state index contributed by atoms with van der Waals surface area (Å²) >= 11 is 11.7. The highest BCUT2D eigenvalue weighted by atomic mass is 35.5. The molecule has 3 rings (SSSR count). The lowest BCUT2D eigenvalue weighted by Crippen LogP contribution is -1.94. The summed E-state index contributed by atoms with van der Waals surface area (Å²) in [6, 6.07) is 9.19. The van der Waals surface area contributed by atoms with Gasteiger partial charge in [-0.15, -0.1) is 0 Å². The Morgan fingerprint density at radius 3 is 2.68 bits per heavy atom. The van der Waals surface area contributed by atoms with Crippen LogP contribution in [0.4, 0.5) is 11.7 Å². The van der Waals surface area contributed by atoms with Crippen LogP contribution in [0.15, 0.2) is 41.1 Å². The second kappa shape index (κ2) is 6.21. The van der Waals surface area contributed by atoms with Gasteiger partial charge in [0.15, 0.2) is 5.82 Å². The Bertz CT molecular complexity index is 790. The average Bonchev–Trinajstić information content (AvgIpc) is 2.99. The number of nitrogens with one attached hydrogen (secondary N) is 1. The molecule has 3 aromatic rings. The summed E-state index contributed by atoms with van der Waals surface area (Å²) in [6.07, 6.45) is 1.40. The summed E-state index contributed by atoms with van der Waals surface area (Å²) in [6.45, 7) is 0. The summed E-state index contributed by atoms with van der Waals surface area (Å²) in [5.74, 6) is 1.51. The van der Waals surface area contributed by atoms with Crippen LogP contribution in [0.2, 0.25) is 10.3 Å². The maximum atomic E-state index is 5.98. The minimum absolute atomic E-state index is 0.0850. The molecule has 0 fully saturated rings. The summed E-state index contributed by atoms with van der Waals surface area (Å²) < 4.78 is 10.3. The highest BCUT2D eigenvalue weighted by Crippen LogP contribution is 2.27. The van der Waals surface area contributed by atoms with Crippen molar-refractivity contribution in [1.29, 1.82) is 0 Å². The molecule has 2 heterocycles. The number of rotatable bonds is 4. The number of hydrogen-bond donors (Lipinski definition) is 1. The van der Waals surface area contributed by atoms with Gasteiger partial charge in [-0.05, 0) is 35.9 Å². The van der Waals surface area contributed by atoms with E-state index in [4.69, 9.17) is 32.5 Å². The second-order valence-corrected chi connectivity index (χ2v) is 5.01. The van der Waals surface area contributed by atoms with E-state index in [-0.39, 0.29) is 5.28 Å². The fourth-order valence-electron chi connectivity index (χ4n) is 1.78. The molecule has 0 radical (unpaired) electrons. The Morgan fingerprint density at radius 1 is 1.18 bits per heavy atom. The van der Waals surface area contributed by atoms with Gasteiger partial charge in [0.2, 0.25) is 11.2 Å². The van der Waals surface area contributed by atoms with Crippen LogP contribution in [0.3, 0.4) is 0 Å². The standard InChI is InChI=1S/C14H10Cl2N4O2/c1-21-9-4-2-8(3-5-9)11-6-12(22-20-11)18-13-10(15)7-17-14(16)19-13/h2-7H,1H3,(H,17,18,19). The van der Waals surface area contributed by atoms with Crippen LogP contribution in [0.5, 0.6) is 5.75 Å². The third-order valence-corrected chi connectivity index (χ3v) is 3.31. The predicted molar refractivity (Wildman–Crippen MR) is 83.8 cm³/mol. The van der Waals surface area contributed by atoms with Crippen molar-refractivity contribution < 1.29 is 9.26 Å². The van der Waals surface area contributed by atoms with Gasteiger partial charge < -0.3 is 14.6 Å². The van der Waals surface area contributed by atoms with Crippen molar-refractivity contribution in [3.8, 4) is 17.0 Å². The number of benzene rings is 1. The lowest BCUT2D eigenvalue weighted by Gasteiger charge is -2.02. The molecule has 1 N–H and O–H groups in total. The molecule has 22 heavy (non-hydrogen) atoms. The second-order valence-electron chi connectivity index (χ2n) is 4.27. The molecule has 0 saturated carbocycles. The maximum absolute atomic E-state index is 5.98. The molecule has 0 amide bonds. The summed E-state index contributed by atoms with van der Waals surface area (Å²) in [5.41, 5.74) is 1.56. The largest absolute Gasteiger partial charge is 0.497 e. The van der Waals surface area contributed by atoms with Gasteiger partial charge >= 0.3 is 0 Å². The van der Waals surface area contributed by atoms with Gasteiger partial charge in [-0.25, -0.2) is 4.98 Å². The zero-order chi connectivity index (χ0) is 15.5. The molecule has 0 aliphatic heterocycles. The van der Waals surface area contributed by atoms with E-state index in [9.17, 15) is 0 Å². The van der Waals surface area contributed by atoms with E-state index >= 15 is 0 Å². The number of hydrogen-bond acceptors (Lipinski definition) is 6. The van der Waals surface area contributed by atoms with Gasteiger partial charge in [-0.1, -0.05) is 16.8 Å². The van der Waals surface area contributed by atoms with E-state index in [0.29, 0.717) is 22.4 Å². The first-order chi connectivity index (χ1) is 10.7. The molecule has 0 spiro atoms. The highest BCUT2D eigenvalue weighted by Gasteiger charge is 2.10. The molecule has 0 unspecified atom stereocenters. The fourth-order valence-corrected chi connectivity index (χ4v) is 2.05. The van der Waals surface area contributed by atoms with Gasteiger partial charge in [-0.3, -0.25) is 0 Å². The number of methoxy groups -OCH3 is 1. The van der Waals surface area contributed by atoms with Crippen LogP contribution in [0.25, 0.3) is 11.3 Å². The minimum atomic E-state index is 0.0850.